The predicted octanol–water partition coefficient (Wildman–Crippen LogP) is -0.163. The van der Waals surface area contributed by atoms with Crippen molar-refractivity contribution in [2.75, 3.05) is 7.05 Å². The van der Waals surface area contributed by atoms with Crippen molar-refractivity contribution < 1.29 is 14.7 Å². The Morgan fingerprint density at radius 3 is 2.08 bits per heavy atom. The predicted molar refractivity (Wildman–Crippen MR) is 40.8 cm³/mol. The van der Waals surface area contributed by atoms with E-state index in [0.717, 1.165) is 4.90 Å². The summed E-state index contributed by atoms with van der Waals surface area (Å²) in [5.41, 5.74) is -0.648. The Kier molecular flexibility index (Phi) is 1.72. The van der Waals surface area contributed by atoms with Crippen LogP contribution in [0.1, 0.15) is 6.92 Å². The Balaban J connectivity index is 3.27. The number of carbonyl (C=O) groups is 2. The fraction of sp³-hybridized carbons (Fsp3) is 0.286. The number of imide groups is 1. The highest BCUT2D eigenvalue weighted by molar-refractivity contribution is 6.57. The second-order valence-electron chi connectivity index (χ2n) is 2.50. The molecule has 1 heterocycles. The molecule has 0 atom stereocenters. The zero-order valence-electron chi connectivity index (χ0n) is 6.71. The van der Waals surface area contributed by atoms with E-state index in [1.807, 2.05) is 0 Å². The summed E-state index contributed by atoms with van der Waals surface area (Å²) in [6.07, 6.45) is 0. The summed E-state index contributed by atoms with van der Waals surface area (Å²) in [6.45, 7) is 1.27. The number of hydrogen-bond acceptors (Lipinski definition) is 4. The molecule has 5 nitrogen and oxygen atoms in total. The molecule has 0 aromatic heterocycles. The van der Waals surface area contributed by atoms with E-state index in [1.165, 1.54) is 14.0 Å². The van der Waals surface area contributed by atoms with Gasteiger partial charge in [0.25, 0.3) is 11.8 Å². The highest BCUT2D eigenvalue weighted by Crippen LogP contribution is 2.15. The molecule has 0 unspecified atom stereocenters. The topological polar surface area (TPSA) is 81.5 Å². The Labute approximate surface area is 68.8 Å². The van der Waals surface area contributed by atoms with Gasteiger partial charge in [-0.15, -0.1) is 0 Å². The normalized spacial score (nSPS) is 22.2. The zero-order valence-corrected chi connectivity index (χ0v) is 6.71. The third-order valence-corrected chi connectivity index (χ3v) is 1.65. The van der Waals surface area contributed by atoms with Crippen LogP contribution < -0.4 is 0 Å². The maximum Gasteiger partial charge on any atom is 0.279 e. The van der Waals surface area contributed by atoms with Crippen molar-refractivity contribution in [1.29, 1.82) is 5.41 Å². The van der Waals surface area contributed by atoms with Gasteiger partial charge in [-0.1, -0.05) is 0 Å². The number of allylic oxidation sites excluding steroid dienone is 1. The van der Waals surface area contributed by atoms with Crippen LogP contribution in [0.5, 0.6) is 0 Å². The summed E-state index contributed by atoms with van der Waals surface area (Å²) < 4.78 is 0. The number of aliphatic hydroxyl groups excluding tert-OH is 1. The lowest BCUT2D eigenvalue weighted by Crippen LogP contribution is -2.25. The monoisotopic (exact) mass is 168 g/mol. The number of carbonyl (C=O) groups excluding carboxylic acids is 2. The van der Waals surface area contributed by atoms with Crippen LogP contribution in [0.15, 0.2) is 11.3 Å². The summed E-state index contributed by atoms with van der Waals surface area (Å²) in [7, 11) is 1.27. The minimum absolute atomic E-state index is 0.206. The molecule has 0 aliphatic carbocycles. The smallest absolute Gasteiger partial charge is 0.279 e. The Hall–Kier alpha value is -1.65. The van der Waals surface area contributed by atoms with Crippen LogP contribution in [0.2, 0.25) is 0 Å². The molecule has 64 valence electrons. The summed E-state index contributed by atoms with van der Waals surface area (Å²) in [5.74, 6) is -1.59. The first-order valence-corrected chi connectivity index (χ1v) is 3.28. The lowest BCUT2D eigenvalue weighted by atomic mass is 10.2. The standard InChI is InChI=1S/C7H8N2O3/c1-3(10)4-5(8)7(12)9(2)6(4)11/h8,10H,1-2H3/b4-3-,8-5?. The molecule has 0 radical (unpaired) electrons. The van der Waals surface area contributed by atoms with E-state index < -0.39 is 17.5 Å². The molecule has 0 spiro atoms. The first-order chi connectivity index (χ1) is 5.46. The number of amides is 2. The fourth-order valence-corrected chi connectivity index (χ4v) is 0.977. The van der Waals surface area contributed by atoms with E-state index in [0.29, 0.717) is 0 Å². The highest BCUT2D eigenvalue weighted by Gasteiger charge is 2.38. The molecule has 0 saturated carbocycles. The van der Waals surface area contributed by atoms with E-state index >= 15 is 0 Å². The molecule has 0 aromatic rings. The van der Waals surface area contributed by atoms with Crippen molar-refractivity contribution >= 4 is 17.5 Å². The third kappa shape index (κ3) is 0.903. The maximum absolute atomic E-state index is 11.1. The van der Waals surface area contributed by atoms with Crippen LogP contribution >= 0.6 is 0 Å². The second kappa shape index (κ2) is 2.44. The Bertz CT molecular complexity index is 313. The Morgan fingerprint density at radius 2 is 1.92 bits per heavy atom. The molecule has 5 heteroatoms. The minimum atomic E-state index is -0.677. The number of likely N-dealkylation sites (tertiary alicyclic amines) is 1. The van der Waals surface area contributed by atoms with Crippen molar-refractivity contribution in [3.63, 3.8) is 0 Å². The van der Waals surface area contributed by atoms with Gasteiger partial charge in [0, 0.05) is 7.05 Å². The summed E-state index contributed by atoms with van der Waals surface area (Å²) in [4.78, 5) is 22.9. The first-order valence-electron chi connectivity index (χ1n) is 3.28. The third-order valence-electron chi connectivity index (χ3n) is 1.65. The number of aliphatic hydroxyl groups is 1. The van der Waals surface area contributed by atoms with Crippen LogP contribution in [-0.2, 0) is 9.59 Å². The van der Waals surface area contributed by atoms with Gasteiger partial charge in [-0.3, -0.25) is 19.9 Å². The molecule has 0 bridgehead atoms. The molecular weight excluding hydrogens is 160 g/mol. The summed E-state index contributed by atoms with van der Waals surface area (Å²) >= 11 is 0. The van der Waals surface area contributed by atoms with Gasteiger partial charge in [-0.05, 0) is 6.92 Å². The minimum Gasteiger partial charge on any atom is -0.512 e. The molecule has 1 aliphatic rings. The van der Waals surface area contributed by atoms with Crippen molar-refractivity contribution in [2.45, 2.75) is 6.92 Å². The molecular formula is C7H8N2O3. The quantitative estimate of drug-likeness (QED) is 0.299. The first kappa shape index (κ1) is 8.45. The molecule has 2 amide bonds. The van der Waals surface area contributed by atoms with E-state index in [9.17, 15) is 9.59 Å². The zero-order chi connectivity index (χ0) is 9.46. The molecule has 1 saturated heterocycles. The van der Waals surface area contributed by atoms with Crippen LogP contribution in [0, 0.1) is 5.41 Å². The van der Waals surface area contributed by atoms with Crippen molar-refractivity contribution in [3.8, 4) is 0 Å². The molecule has 1 aliphatic heterocycles. The van der Waals surface area contributed by atoms with Crippen LogP contribution in [0.3, 0.4) is 0 Å². The van der Waals surface area contributed by atoms with Crippen molar-refractivity contribution in [1.82, 2.24) is 4.90 Å². The van der Waals surface area contributed by atoms with Crippen molar-refractivity contribution in [2.24, 2.45) is 0 Å². The molecule has 0 aromatic carbocycles. The number of nitrogens with one attached hydrogen (secondary N) is 1. The van der Waals surface area contributed by atoms with Gasteiger partial charge in [-0.25, -0.2) is 0 Å². The van der Waals surface area contributed by atoms with Gasteiger partial charge in [0.2, 0.25) is 0 Å². The van der Waals surface area contributed by atoms with Crippen LogP contribution in [-0.4, -0.2) is 34.6 Å². The fourth-order valence-electron chi connectivity index (χ4n) is 0.977. The van der Waals surface area contributed by atoms with Crippen molar-refractivity contribution in [3.05, 3.63) is 11.3 Å². The summed E-state index contributed by atoms with van der Waals surface area (Å²) in [5, 5.41) is 16.1. The number of hydrogen-bond donors (Lipinski definition) is 2. The van der Waals surface area contributed by atoms with Crippen LogP contribution in [0.4, 0.5) is 0 Å². The highest BCUT2D eigenvalue weighted by atomic mass is 16.3. The Morgan fingerprint density at radius 1 is 1.42 bits per heavy atom. The van der Waals surface area contributed by atoms with E-state index in [4.69, 9.17) is 10.5 Å². The molecule has 1 rings (SSSR count). The SMILES string of the molecule is C/C(O)=C1\C(=N)C(=O)N(C)C1=O. The van der Waals surface area contributed by atoms with Gasteiger partial charge in [0.1, 0.15) is 17.0 Å². The van der Waals surface area contributed by atoms with Gasteiger partial charge in [0.15, 0.2) is 0 Å². The second-order valence-corrected chi connectivity index (χ2v) is 2.50. The van der Waals surface area contributed by atoms with E-state index in [1.54, 1.807) is 0 Å². The van der Waals surface area contributed by atoms with Gasteiger partial charge in [-0.2, -0.15) is 0 Å². The molecule has 1 fully saturated rings. The largest absolute Gasteiger partial charge is 0.512 e. The molecule has 12 heavy (non-hydrogen) atoms. The van der Waals surface area contributed by atoms with Gasteiger partial charge in [0.05, 0.1) is 0 Å². The lowest BCUT2D eigenvalue weighted by molar-refractivity contribution is -0.134. The molecule has 2 N–H and O–H groups in total. The summed E-state index contributed by atoms with van der Waals surface area (Å²) in [6, 6.07) is 0. The van der Waals surface area contributed by atoms with E-state index in [2.05, 4.69) is 0 Å². The van der Waals surface area contributed by atoms with Crippen LogP contribution in [0.25, 0.3) is 0 Å². The number of nitrogens with zero attached hydrogens (tertiary/aromatic N) is 1. The average molecular weight is 168 g/mol. The lowest BCUT2D eigenvalue weighted by Gasteiger charge is -2.01. The number of likely N-dealkylation sites (N-methyl/N-ethyl adjacent to an activating group) is 1. The maximum atomic E-state index is 11.1. The van der Waals surface area contributed by atoms with E-state index in [-0.39, 0.29) is 11.3 Å². The van der Waals surface area contributed by atoms with Gasteiger partial charge >= 0.3 is 0 Å². The number of rotatable bonds is 0. The van der Waals surface area contributed by atoms with Gasteiger partial charge < -0.3 is 5.11 Å². The average Bonchev–Trinajstić information content (AvgIpc) is 2.16.